The Hall–Kier alpha value is -2.80. The Morgan fingerprint density at radius 1 is 1.26 bits per heavy atom. The monoisotopic (exact) mass is 249 g/mol. The SMILES string of the molecule is COc1ccn2cc(-c3cccc(C#N)c3)nc2c1. The van der Waals surface area contributed by atoms with Crippen molar-refractivity contribution in [2.45, 2.75) is 0 Å². The van der Waals surface area contributed by atoms with Gasteiger partial charge in [-0.15, -0.1) is 0 Å². The van der Waals surface area contributed by atoms with Gasteiger partial charge >= 0.3 is 0 Å². The minimum atomic E-state index is 0.632. The van der Waals surface area contributed by atoms with Crippen LogP contribution in [0.4, 0.5) is 0 Å². The van der Waals surface area contributed by atoms with Crippen molar-refractivity contribution in [3.8, 4) is 23.1 Å². The quantitative estimate of drug-likeness (QED) is 0.701. The molecule has 0 fully saturated rings. The first-order valence-corrected chi connectivity index (χ1v) is 5.83. The van der Waals surface area contributed by atoms with Crippen molar-refractivity contribution in [1.82, 2.24) is 9.38 Å². The molecular weight excluding hydrogens is 238 g/mol. The number of nitriles is 1. The predicted molar refractivity (Wildman–Crippen MR) is 71.9 cm³/mol. The second kappa shape index (κ2) is 4.46. The van der Waals surface area contributed by atoms with E-state index in [0.29, 0.717) is 5.56 Å². The number of benzene rings is 1. The molecule has 92 valence electrons. The summed E-state index contributed by atoms with van der Waals surface area (Å²) >= 11 is 0. The molecule has 0 atom stereocenters. The number of imidazole rings is 1. The van der Waals surface area contributed by atoms with Gasteiger partial charge in [-0.2, -0.15) is 5.26 Å². The van der Waals surface area contributed by atoms with Crippen molar-refractivity contribution >= 4 is 5.65 Å². The van der Waals surface area contributed by atoms with Crippen molar-refractivity contribution in [3.63, 3.8) is 0 Å². The molecule has 0 spiro atoms. The molecule has 0 bridgehead atoms. The van der Waals surface area contributed by atoms with Crippen LogP contribution in [0.1, 0.15) is 5.56 Å². The van der Waals surface area contributed by atoms with E-state index in [2.05, 4.69) is 11.1 Å². The van der Waals surface area contributed by atoms with E-state index in [1.807, 2.05) is 47.1 Å². The number of methoxy groups -OCH3 is 1. The number of rotatable bonds is 2. The van der Waals surface area contributed by atoms with Crippen molar-refractivity contribution in [1.29, 1.82) is 5.26 Å². The maximum Gasteiger partial charge on any atom is 0.141 e. The Labute approximate surface area is 110 Å². The molecule has 0 aliphatic carbocycles. The molecular formula is C15H11N3O. The van der Waals surface area contributed by atoms with Gasteiger partial charge in [-0.1, -0.05) is 12.1 Å². The minimum Gasteiger partial charge on any atom is -0.497 e. The van der Waals surface area contributed by atoms with Crippen LogP contribution in [0, 0.1) is 11.3 Å². The van der Waals surface area contributed by atoms with E-state index in [9.17, 15) is 0 Å². The Balaban J connectivity index is 2.12. The minimum absolute atomic E-state index is 0.632. The molecule has 19 heavy (non-hydrogen) atoms. The molecule has 0 radical (unpaired) electrons. The summed E-state index contributed by atoms with van der Waals surface area (Å²) in [5, 5.41) is 8.92. The van der Waals surface area contributed by atoms with Crippen LogP contribution in [0.2, 0.25) is 0 Å². The molecule has 0 aliphatic heterocycles. The maximum atomic E-state index is 8.92. The highest BCUT2D eigenvalue weighted by atomic mass is 16.5. The first-order chi connectivity index (χ1) is 9.30. The van der Waals surface area contributed by atoms with E-state index in [4.69, 9.17) is 10.00 Å². The lowest BCUT2D eigenvalue weighted by Gasteiger charge is -1.98. The van der Waals surface area contributed by atoms with Gasteiger partial charge in [0.1, 0.15) is 11.4 Å². The lowest BCUT2D eigenvalue weighted by molar-refractivity contribution is 0.414. The molecule has 4 nitrogen and oxygen atoms in total. The van der Waals surface area contributed by atoms with E-state index < -0.39 is 0 Å². The van der Waals surface area contributed by atoms with Gasteiger partial charge in [-0.3, -0.25) is 0 Å². The van der Waals surface area contributed by atoms with Gasteiger partial charge in [0.2, 0.25) is 0 Å². The second-order valence-corrected chi connectivity index (χ2v) is 4.15. The summed E-state index contributed by atoms with van der Waals surface area (Å²) in [4.78, 5) is 4.54. The number of aromatic nitrogens is 2. The molecule has 0 aliphatic rings. The third kappa shape index (κ3) is 2.02. The molecule has 0 amide bonds. The van der Waals surface area contributed by atoms with Crippen LogP contribution in [0.15, 0.2) is 48.8 Å². The Morgan fingerprint density at radius 2 is 2.16 bits per heavy atom. The molecule has 0 N–H and O–H groups in total. The Morgan fingerprint density at radius 3 is 2.95 bits per heavy atom. The topological polar surface area (TPSA) is 50.3 Å². The molecule has 3 rings (SSSR count). The van der Waals surface area contributed by atoms with Crippen molar-refractivity contribution in [3.05, 3.63) is 54.4 Å². The molecule has 2 aromatic heterocycles. The zero-order valence-corrected chi connectivity index (χ0v) is 10.4. The summed E-state index contributed by atoms with van der Waals surface area (Å²) in [5.74, 6) is 0.774. The normalized spacial score (nSPS) is 10.3. The number of pyridine rings is 1. The van der Waals surface area contributed by atoms with Crippen molar-refractivity contribution in [2.75, 3.05) is 7.11 Å². The smallest absolute Gasteiger partial charge is 0.141 e. The fourth-order valence-corrected chi connectivity index (χ4v) is 1.98. The first kappa shape index (κ1) is 11.3. The molecule has 0 saturated heterocycles. The second-order valence-electron chi connectivity index (χ2n) is 4.15. The summed E-state index contributed by atoms with van der Waals surface area (Å²) in [7, 11) is 1.63. The third-order valence-electron chi connectivity index (χ3n) is 2.95. The average Bonchev–Trinajstić information content (AvgIpc) is 2.90. The number of hydrogen-bond acceptors (Lipinski definition) is 3. The van der Waals surface area contributed by atoms with Gasteiger partial charge in [-0.25, -0.2) is 4.98 Å². The van der Waals surface area contributed by atoms with E-state index in [0.717, 1.165) is 22.7 Å². The molecule has 3 aromatic rings. The molecule has 2 heterocycles. The fraction of sp³-hybridized carbons (Fsp3) is 0.0667. The summed E-state index contributed by atoms with van der Waals surface area (Å²) in [6.45, 7) is 0. The van der Waals surface area contributed by atoms with Crippen LogP contribution >= 0.6 is 0 Å². The number of ether oxygens (including phenoxy) is 1. The van der Waals surface area contributed by atoms with Crippen LogP contribution < -0.4 is 4.74 Å². The predicted octanol–water partition coefficient (Wildman–Crippen LogP) is 2.88. The standard InChI is InChI=1S/C15H11N3O/c1-19-13-5-6-18-10-14(17-15(18)8-13)12-4-2-3-11(7-12)9-16/h2-8,10H,1H3. The van der Waals surface area contributed by atoms with Gasteiger partial charge < -0.3 is 9.14 Å². The lowest BCUT2D eigenvalue weighted by Crippen LogP contribution is -1.86. The van der Waals surface area contributed by atoms with Gasteiger partial charge in [0, 0.05) is 24.0 Å². The van der Waals surface area contributed by atoms with E-state index in [1.165, 1.54) is 0 Å². The largest absolute Gasteiger partial charge is 0.497 e. The van der Waals surface area contributed by atoms with Gasteiger partial charge in [0.25, 0.3) is 0 Å². The van der Waals surface area contributed by atoms with Crippen LogP contribution in [-0.4, -0.2) is 16.5 Å². The lowest BCUT2D eigenvalue weighted by atomic mass is 10.1. The molecule has 1 aromatic carbocycles. The molecule has 4 heteroatoms. The highest BCUT2D eigenvalue weighted by Crippen LogP contribution is 2.22. The zero-order chi connectivity index (χ0) is 13.2. The number of fused-ring (bicyclic) bond motifs is 1. The van der Waals surface area contributed by atoms with E-state index in [-0.39, 0.29) is 0 Å². The van der Waals surface area contributed by atoms with Crippen LogP contribution in [0.5, 0.6) is 5.75 Å². The Bertz CT molecular complexity index is 783. The maximum absolute atomic E-state index is 8.92. The van der Waals surface area contributed by atoms with Crippen molar-refractivity contribution < 1.29 is 4.74 Å². The number of hydrogen-bond donors (Lipinski definition) is 0. The van der Waals surface area contributed by atoms with Gasteiger partial charge in [-0.05, 0) is 18.2 Å². The van der Waals surface area contributed by atoms with Crippen LogP contribution in [0.25, 0.3) is 16.9 Å². The van der Waals surface area contributed by atoms with E-state index in [1.54, 1.807) is 13.2 Å². The average molecular weight is 249 g/mol. The highest BCUT2D eigenvalue weighted by Gasteiger charge is 2.05. The van der Waals surface area contributed by atoms with Gasteiger partial charge in [0.15, 0.2) is 0 Å². The van der Waals surface area contributed by atoms with E-state index >= 15 is 0 Å². The zero-order valence-electron chi connectivity index (χ0n) is 10.4. The van der Waals surface area contributed by atoms with Gasteiger partial charge in [0.05, 0.1) is 24.4 Å². The summed E-state index contributed by atoms with van der Waals surface area (Å²) in [5.41, 5.74) is 3.22. The van der Waals surface area contributed by atoms with Crippen LogP contribution in [-0.2, 0) is 0 Å². The van der Waals surface area contributed by atoms with Crippen molar-refractivity contribution in [2.24, 2.45) is 0 Å². The number of nitrogens with zero attached hydrogens (tertiary/aromatic N) is 3. The first-order valence-electron chi connectivity index (χ1n) is 5.83. The molecule has 0 unspecified atom stereocenters. The summed E-state index contributed by atoms with van der Waals surface area (Å²) < 4.78 is 7.10. The highest BCUT2D eigenvalue weighted by molar-refractivity contribution is 5.64. The van der Waals surface area contributed by atoms with Crippen LogP contribution in [0.3, 0.4) is 0 Å². The summed E-state index contributed by atoms with van der Waals surface area (Å²) in [6, 6.07) is 13.3. The summed E-state index contributed by atoms with van der Waals surface area (Å²) in [6.07, 6.45) is 3.84. The third-order valence-corrected chi connectivity index (χ3v) is 2.95. The molecule has 0 saturated carbocycles. The Kier molecular flexibility index (Phi) is 2.66. The fourth-order valence-electron chi connectivity index (χ4n) is 1.98.